The molecule has 0 radical (unpaired) electrons. The van der Waals surface area contributed by atoms with Crippen LogP contribution >= 0.6 is 0 Å². The average molecular weight is 266 g/mol. The van der Waals surface area contributed by atoms with Crippen molar-refractivity contribution in [2.75, 3.05) is 20.6 Å². The lowest BCUT2D eigenvalue weighted by molar-refractivity contribution is 0.0844. The van der Waals surface area contributed by atoms with E-state index in [4.69, 9.17) is 0 Å². The van der Waals surface area contributed by atoms with Gasteiger partial charge in [0, 0.05) is 18.8 Å². The summed E-state index contributed by atoms with van der Waals surface area (Å²) in [5.41, 5.74) is 1.40. The highest BCUT2D eigenvalue weighted by Gasteiger charge is 2.39. The van der Waals surface area contributed by atoms with E-state index in [2.05, 4.69) is 56.2 Å². The maximum atomic E-state index is 4.35. The highest BCUT2D eigenvalue weighted by molar-refractivity contribution is 5.15. The van der Waals surface area contributed by atoms with E-state index >= 15 is 0 Å². The minimum Gasteiger partial charge on any atom is -0.307 e. The van der Waals surface area contributed by atoms with Gasteiger partial charge in [-0.05, 0) is 46.0 Å². The lowest BCUT2D eigenvalue weighted by Gasteiger charge is -2.45. The number of rotatable bonds is 8. The molecule has 4 heteroatoms. The van der Waals surface area contributed by atoms with Crippen LogP contribution in [0.15, 0.2) is 12.3 Å². The number of aryl methyl sites for hydroxylation is 1. The molecule has 0 aliphatic carbocycles. The average Bonchev–Trinajstić information content (AvgIpc) is 2.80. The molecule has 0 bridgehead atoms. The van der Waals surface area contributed by atoms with Gasteiger partial charge in [-0.1, -0.05) is 20.8 Å². The Morgan fingerprint density at radius 3 is 2.32 bits per heavy atom. The summed E-state index contributed by atoms with van der Waals surface area (Å²) in [4.78, 5) is 2.37. The highest BCUT2D eigenvalue weighted by atomic mass is 15.3. The number of nitrogens with one attached hydrogen (secondary N) is 1. The Balaban J connectivity index is 3.17. The second-order valence-electron chi connectivity index (χ2n) is 5.47. The van der Waals surface area contributed by atoms with Crippen LogP contribution in [0.1, 0.15) is 51.8 Å². The molecule has 110 valence electrons. The number of hydrogen-bond donors (Lipinski definition) is 1. The van der Waals surface area contributed by atoms with E-state index in [1.807, 2.05) is 17.9 Å². The van der Waals surface area contributed by atoms with Crippen LogP contribution in [0, 0.1) is 0 Å². The summed E-state index contributed by atoms with van der Waals surface area (Å²) in [6, 6.07) is 2.45. The van der Waals surface area contributed by atoms with Gasteiger partial charge in [-0.25, -0.2) is 0 Å². The minimum absolute atomic E-state index is 0.128. The van der Waals surface area contributed by atoms with Gasteiger partial charge in [0.05, 0.1) is 11.7 Å². The molecule has 0 aromatic carbocycles. The number of aromatic nitrogens is 2. The quantitative estimate of drug-likeness (QED) is 0.785. The topological polar surface area (TPSA) is 33.1 Å². The molecule has 1 heterocycles. The molecular weight excluding hydrogens is 236 g/mol. The van der Waals surface area contributed by atoms with Crippen molar-refractivity contribution in [2.24, 2.45) is 7.05 Å². The van der Waals surface area contributed by atoms with Gasteiger partial charge < -0.3 is 10.2 Å². The largest absolute Gasteiger partial charge is 0.307 e. The molecule has 0 aliphatic heterocycles. The number of nitrogens with zero attached hydrogens (tertiary/aromatic N) is 3. The Kier molecular flexibility index (Phi) is 6.01. The summed E-state index contributed by atoms with van der Waals surface area (Å²) in [6.45, 7) is 7.80. The Bertz CT molecular complexity index is 366. The molecule has 0 saturated carbocycles. The maximum absolute atomic E-state index is 4.35. The molecule has 0 spiro atoms. The fourth-order valence-electron chi connectivity index (χ4n) is 3.07. The molecule has 1 atom stereocenters. The van der Waals surface area contributed by atoms with Crippen LogP contribution in [0.5, 0.6) is 0 Å². The van der Waals surface area contributed by atoms with Crippen molar-refractivity contribution >= 4 is 0 Å². The molecular formula is C15H30N4. The molecule has 19 heavy (non-hydrogen) atoms. The third kappa shape index (κ3) is 3.18. The molecule has 0 amide bonds. The second-order valence-corrected chi connectivity index (χ2v) is 5.47. The van der Waals surface area contributed by atoms with Gasteiger partial charge >= 0.3 is 0 Å². The van der Waals surface area contributed by atoms with E-state index in [0.29, 0.717) is 6.04 Å². The van der Waals surface area contributed by atoms with Crippen molar-refractivity contribution in [1.29, 1.82) is 0 Å². The Morgan fingerprint density at radius 2 is 1.95 bits per heavy atom. The smallest absolute Gasteiger partial charge is 0.0678 e. The van der Waals surface area contributed by atoms with Crippen molar-refractivity contribution in [1.82, 2.24) is 20.0 Å². The zero-order valence-electron chi connectivity index (χ0n) is 13.4. The molecule has 4 nitrogen and oxygen atoms in total. The van der Waals surface area contributed by atoms with Crippen LogP contribution in [-0.2, 0) is 7.05 Å². The molecule has 1 aromatic heterocycles. The molecule has 0 aliphatic rings. The van der Waals surface area contributed by atoms with Crippen LogP contribution in [0.4, 0.5) is 0 Å². The zero-order chi connectivity index (χ0) is 14.5. The maximum Gasteiger partial charge on any atom is 0.0678 e. The summed E-state index contributed by atoms with van der Waals surface area (Å²) < 4.78 is 2.00. The SMILES string of the molecule is CCCNC(c1ccnn1C)C(CC)(CC)N(C)C. The van der Waals surface area contributed by atoms with Gasteiger partial charge in [0.2, 0.25) is 0 Å². The lowest BCUT2D eigenvalue weighted by atomic mass is 9.81. The zero-order valence-corrected chi connectivity index (χ0v) is 13.4. The molecule has 1 unspecified atom stereocenters. The van der Waals surface area contributed by atoms with Gasteiger partial charge in [-0.15, -0.1) is 0 Å². The predicted octanol–water partition coefficient (Wildman–Crippen LogP) is 2.58. The monoisotopic (exact) mass is 266 g/mol. The van der Waals surface area contributed by atoms with Crippen molar-refractivity contribution in [3.8, 4) is 0 Å². The van der Waals surface area contributed by atoms with Crippen LogP contribution in [0.2, 0.25) is 0 Å². The molecule has 1 N–H and O–H groups in total. The fraction of sp³-hybridized carbons (Fsp3) is 0.800. The van der Waals surface area contributed by atoms with Crippen LogP contribution in [0.3, 0.4) is 0 Å². The standard InChI is InChI=1S/C15H30N4/c1-7-11-16-14(13-10-12-17-19(13)6)15(8-2,9-3)18(4)5/h10,12,14,16H,7-9,11H2,1-6H3. The summed E-state index contributed by atoms with van der Waals surface area (Å²) in [5.74, 6) is 0. The van der Waals surface area contributed by atoms with Gasteiger partial charge in [-0.3, -0.25) is 4.68 Å². The van der Waals surface area contributed by atoms with E-state index in [9.17, 15) is 0 Å². The first kappa shape index (κ1) is 16.2. The van der Waals surface area contributed by atoms with Crippen molar-refractivity contribution in [3.05, 3.63) is 18.0 Å². The lowest BCUT2D eigenvalue weighted by Crippen LogP contribution is -2.53. The van der Waals surface area contributed by atoms with Gasteiger partial charge in [0.25, 0.3) is 0 Å². The summed E-state index contributed by atoms with van der Waals surface area (Å²) in [5, 5.41) is 8.08. The Labute approximate surface area is 118 Å². The van der Waals surface area contributed by atoms with E-state index in [1.54, 1.807) is 0 Å². The molecule has 1 rings (SSSR count). The number of hydrogen-bond acceptors (Lipinski definition) is 3. The fourth-order valence-corrected chi connectivity index (χ4v) is 3.07. The first-order valence-electron chi connectivity index (χ1n) is 7.42. The Morgan fingerprint density at radius 1 is 1.32 bits per heavy atom. The summed E-state index contributed by atoms with van der Waals surface area (Å²) in [6.07, 6.45) is 5.26. The second kappa shape index (κ2) is 7.06. The van der Waals surface area contributed by atoms with Crippen LogP contribution < -0.4 is 5.32 Å². The van der Waals surface area contributed by atoms with E-state index in [1.165, 1.54) is 5.69 Å². The van der Waals surface area contributed by atoms with Gasteiger partial charge in [-0.2, -0.15) is 5.10 Å². The van der Waals surface area contributed by atoms with Crippen LogP contribution in [0.25, 0.3) is 0 Å². The summed E-state index contributed by atoms with van der Waals surface area (Å²) >= 11 is 0. The Hall–Kier alpha value is -0.870. The van der Waals surface area contributed by atoms with Gasteiger partial charge in [0.15, 0.2) is 0 Å². The van der Waals surface area contributed by atoms with E-state index in [-0.39, 0.29) is 5.54 Å². The summed E-state index contributed by atoms with van der Waals surface area (Å²) in [7, 11) is 6.40. The highest BCUT2D eigenvalue weighted by Crippen LogP contribution is 2.35. The molecule has 1 aromatic rings. The third-order valence-electron chi connectivity index (χ3n) is 4.41. The van der Waals surface area contributed by atoms with E-state index in [0.717, 1.165) is 25.8 Å². The molecule has 0 saturated heterocycles. The predicted molar refractivity (Wildman–Crippen MR) is 81.2 cm³/mol. The number of likely N-dealkylation sites (N-methyl/N-ethyl adjacent to an activating group) is 1. The van der Waals surface area contributed by atoms with E-state index < -0.39 is 0 Å². The van der Waals surface area contributed by atoms with Crippen molar-refractivity contribution in [3.63, 3.8) is 0 Å². The van der Waals surface area contributed by atoms with Crippen LogP contribution in [-0.4, -0.2) is 40.9 Å². The first-order chi connectivity index (χ1) is 9.03. The van der Waals surface area contributed by atoms with Crippen molar-refractivity contribution in [2.45, 2.75) is 51.6 Å². The normalized spacial score (nSPS) is 14.1. The van der Waals surface area contributed by atoms with Gasteiger partial charge in [0.1, 0.15) is 0 Å². The molecule has 0 fully saturated rings. The first-order valence-corrected chi connectivity index (χ1v) is 7.42. The minimum atomic E-state index is 0.128. The van der Waals surface area contributed by atoms with Crippen molar-refractivity contribution < 1.29 is 0 Å². The third-order valence-corrected chi connectivity index (χ3v) is 4.41.